The van der Waals surface area contributed by atoms with Crippen LogP contribution in [0.4, 0.5) is 0 Å². The van der Waals surface area contributed by atoms with Crippen LogP contribution in [0.15, 0.2) is 0 Å². The van der Waals surface area contributed by atoms with Crippen molar-refractivity contribution in [2.24, 2.45) is 23.0 Å². The Bertz CT molecular complexity index is 1080. The van der Waals surface area contributed by atoms with Gasteiger partial charge in [-0.2, -0.15) is 5.10 Å². The van der Waals surface area contributed by atoms with Gasteiger partial charge in [0.2, 0.25) is 11.8 Å². The average Bonchev–Trinajstić information content (AvgIpc) is 3.12. The van der Waals surface area contributed by atoms with E-state index in [2.05, 4.69) is 22.7 Å². The van der Waals surface area contributed by atoms with Gasteiger partial charge in [-0.25, -0.2) is 0 Å². The van der Waals surface area contributed by atoms with Gasteiger partial charge in [-0.15, -0.1) is 0 Å². The van der Waals surface area contributed by atoms with Gasteiger partial charge in [0.15, 0.2) is 11.5 Å². The fraction of sp³-hybridized carbons (Fsp3) is 0.640. The number of primary amides is 1. The smallest absolute Gasteiger partial charge is 0.273 e. The maximum atomic E-state index is 13.3. The Morgan fingerprint density at radius 2 is 1.85 bits per heavy atom. The highest BCUT2D eigenvalue weighted by Gasteiger charge is 2.34. The first kappa shape index (κ1) is 25.6. The van der Waals surface area contributed by atoms with E-state index in [1.165, 1.54) is 6.42 Å². The largest absolute Gasteiger partial charge is 0.368 e. The number of carbonyl (C=O) groups excluding carboxylic acids is 4. The van der Waals surface area contributed by atoms with Crippen molar-refractivity contribution in [1.29, 1.82) is 0 Å². The lowest BCUT2D eigenvalue weighted by molar-refractivity contribution is -0.128. The molecule has 2 aliphatic carbocycles. The summed E-state index contributed by atoms with van der Waals surface area (Å²) in [4.78, 5) is 50.1. The number of aromatic nitrogens is 2. The molecule has 3 rings (SSSR count). The highest BCUT2D eigenvalue weighted by Crippen LogP contribution is 2.24. The highest BCUT2D eigenvalue weighted by atomic mass is 16.2. The molecule has 1 saturated carbocycles. The number of fused-ring (bicyclic) bond motifs is 1. The number of carbonyl (C=O) groups is 4. The molecule has 0 bridgehead atoms. The summed E-state index contributed by atoms with van der Waals surface area (Å²) in [6, 6.07) is -0.908. The zero-order chi connectivity index (χ0) is 25.0. The van der Waals surface area contributed by atoms with Gasteiger partial charge in [0, 0.05) is 11.1 Å². The highest BCUT2D eigenvalue weighted by molar-refractivity contribution is 5.97. The Morgan fingerprint density at radius 1 is 1.18 bits per heavy atom. The Kier molecular flexibility index (Phi) is 7.94. The number of hydrogen-bond donors (Lipinski definition) is 3. The molecule has 9 heteroatoms. The zero-order valence-corrected chi connectivity index (χ0v) is 20.6. The molecule has 1 aromatic rings. The van der Waals surface area contributed by atoms with Gasteiger partial charge >= 0.3 is 0 Å². The predicted molar refractivity (Wildman–Crippen MR) is 129 cm³/mol. The van der Waals surface area contributed by atoms with Crippen molar-refractivity contribution in [2.75, 3.05) is 6.54 Å². The number of hydrogen-bond acceptors (Lipinski definition) is 5. The molecule has 34 heavy (non-hydrogen) atoms. The normalized spacial score (nSPS) is 19.2. The molecule has 1 heterocycles. The van der Waals surface area contributed by atoms with Crippen molar-refractivity contribution in [2.45, 2.75) is 78.8 Å². The van der Waals surface area contributed by atoms with E-state index in [1.54, 1.807) is 4.68 Å². The van der Waals surface area contributed by atoms with Crippen LogP contribution < -0.4 is 26.9 Å². The van der Waals surface area contributed by atoms with Crippen LogP contribution in [0.1, 0.15) is 76.7 Å². The molecule has 2 aliphatic rings. The van der Waals surface area contributed by atoms with Crippen LogP contribution >= 0.6 is 0 Å². The molecule has 0 spiro atoms. The van der Waals surface area contributed by atoms with E-state index in [0.717, 1.165) is 37.5 Å². The molecule has 9 nitrogen and oxygen atoms in total. The summed E-state index contributed by atoms with van der Waals surface area (Å²) < 4.78 is 1.64. The Labute approximate surface area is 200 Å². The molecule has 2 atom stereocenters. The minimum absolute atomic E-state index is 0.0524. The van der Waals surface area contributed by atoms with Crippen LogP contribution in [0.25, 0.3) is 12.2 Å². The van der Waals surface area contributed by atoms with E-state index in [1.807, 2.05) is 32.9 Å². The Morgan fingerprint density at radius 3 is 2.47 bits per heavy atom. The minimum Gasteiger partial charge on any atom is -0.368 e. The number of ketones is 1. The molecule has 186 valence electrons. The molecular weight excluding hydrogens is 434 g/mol. The lowest BCUT2D eigenvalue weighted by Gasteiger charge is -2.30. The molecule has 0 radical (unpaired) electrons. The first-order valence-corrected chi connectivity index (χ1v) is 12.2. The molecular formula is C25H37N5O4. The molecule has 1 aromatic heterocycles. The van der Waals surface area contributed by atoms with Crippen LogP contribution in [-0.2, 0) is 20.9 Å². The quantitative estimate of drug-likeness (QED) is 0.504. The van der Waals surface area contributed by atoms with Crippen LogP contribution in [-0.4, -0.2) is 45.9 Å². The summed E-state index contributed by atoms with van der Waals surface area (Å²) in [7, 11) is 0. The number of nitrogens with one attached hydrogen (secondary N) is 2. The summed E-state index contributed by atoms with van der Waals surface area (Å²) in [5, 5.41) is 11.3. The molecule has 0 aliphatic heterocycles. The number of rotatable bonds is 8. The third-order valence-electron chi connectivity index (χ3n) is 6.59. The van der Waals surface area contributed by atoms with Crippen molar-refractivity contribution in [3.05, 3.63) is 16.3 Å². The molecule has 2 unspecified atom stereocenters. The lowest BCUT2D eigenvalue weighted by atomic mass is 9.86. The minimum atomic E-state index is -0.908. The topological polar surface area (TPSA) is 136 Å². The van der Waals surface area contributed by atoms with Crippen molar-refractivity contribution >= 4 is 35.7 Å². The van der Waals surface area contributed by atoms with E-state index in [0.29, 0.717) is 5.22 Å². The maximum absolute atomic E-state index is 13.3. The SMILES string of the molecule is CC1C=c2c(C(=O)NC(C(=O)NCC(N)=O)C(C)(C)C)nn(CC(=O)C3CCCCC3)c2=CC1. The Balaban J connectivity index is 1.88. The molecule has 4 N–H and O–H groups in total. The second-order valence-electron chi connectivity index (χ2n) is 10.6. The first-order valence-electron chi connectivity index (χ1n) is 12.2. The fourth-order valence-corrected chi connectivity index (χ4v) is 4.66. The van der Waals surface area contributed by atoms with E-state index >= 15 is 0 Å². The van der Waals surface area contributed by atoms with Gasteiger partial charge in [0.05, 0.1) is 11.9 Å². The van der Waals surface area contributed by atoms with Crippen LogP contribution in [0.2, 0.25) is 0 Å². The van der Waals surface area contributed by atoms with E-state index in [9.17, 15) is 19.2 Å². The lowest BCUT2D eigenvalue weighted by Crippen LogP contribution is -2.55. The van der Waals surface area contributed by atoms with Gasteiger partial charge < -0.3 is 16.4 Å². The van der Waals surface area contributed by atoms with Crippen LogP contribution in [0, 0.1) is 17.3 Å². The monoisotopic (exact) mass is 471 g/mol. The maximum Gasteiger partial charge on any atom is 0.273 e. The van der Waals surface area contributed by atoms with E-state index < -0.39 is 29.2 Å². The second kappa shape index (κ2) is 10.5. The summed E-state index contributed by atoms with van der Waals surface area (Å²) >= 11 is 0. The zero-order valence-electron chi connectivity index (χ0n) is 20.6. The van der Waals surface area contributed by atoms with E-state index in [-0.39, 0.29) is 36.4 Å². The molecule has 1 fully saturated rings. The second-order valence-corrected chi connectivity index (χ2v) is 10.6. The number of nitrogens with two attached hydrogens (primary N) is 1. The van der Waals surface area contributed by atoms with Gasteiger partial charge in [-0.3, -0.25) is 23.9 Å². The van der Waals surface area contributed by atoms with E-state index in [4.69, 9.17) is 5.73 Å². The van der Waals surface area contributed by atoms with Crippen LogP contribution in [0.5, 0.6) is 0 Å². The van der Waals surface area contributed by atoms with Crippen LogP contribution in [0.3, 0.4) is 0 Å². The number of Topliss-reactive ketones (excluding diaryl/α,β-unsaturated/α-hetero) is 1. The first-order chi connectivity index (χ1) is 16.0. The number of nitrogens with zero attached hydrogens (tertiary/aromatic N) is 2. The third-order valence-corrected chi connectivity index (χ3v) is 6.59. The molecule has 0 saturated heterocycles. The number of amides is 3. The van der Waals surface area contributed by atoms with Crippen molar-refractivity contribution in [3.63, 3.8) is 0 Å². The predicted octanol–water partition coefficient (Wildman–Crippen LogP) is 0.379. The summed E-state index contributed by atoms with van der Waals surface area (Å²) in [6.45, 7) is 7.35. The van der Waals surface area contributed by atoms with Crippen molar-refractivity contribution < 1.29 is 19.2 Å². The Hall–Kier alpha value is -2.97. The summed E-state index contributed by atoms with van der Waals surface area (Å²) in [5.41, 5.74) is 4.71. The van der Waals surface area contributed by atoms with Crippen molar-refractivity contribution in [3.8, 4) is 0 Å². The van der Waals surface area contributed by atoms with Crippen molar-refractivity contribution in [1.82, 2.24) is 20.4 Å². The summed E-state index contributed by atoms with van der Waals surface area (Å²) in [5.74, 6) is -1.22. The standard InChI is InChI=1S/C25H37N5O4/c1-15-10-11-18-17(12-15)21(29-30(18)14-19(31)16-8-6-5-7-9-16)23(33)28-22(25(2,3)4)24(34)27-13-20(26)32/h11-12,15-16,22H,5-10,13-14H2,1-4H3,(H2,26,32)(H,27,34)(H,28,33). The summed E-state index contributed by atoms with van der Waals surface area (Å²) in [6.07, 6.45) is 9.98. The third kappa shape index (κ3) is 6.12. The molecule has 0 aromatic carbocycles. The average molecular weight is 472 g/mol. The van der Waals surface area contributed by atoms with Gasteiger partial charge in [-0.05, 0) is 30.6 Å². The van der Waals surface area contributed by atoms with Gasteiger partial charge in [0.25, 0.3) is 5.91 Å². The fourth-order valence-electron chi connectivity index (χ4n) is 4.66. The van der Waals surface area contributed by atoms with Gasteiger partial charge in [-0.1, -0.05) is 59.1 Å². The van der Waals surface area contributed by atoms with Gasteiger partial charge in [0.1, 0.15) is 12.6 Å². The molecule has 3 amide bonds.